The lowest BCUT2D eigenvalue weighted by atomic mass is 10.2. The summed E-state index contributed by atoms with van der Waals surface area (Å²) < 4.78 is 6.57. The molecule has 96 valence electrons. The molecule has 0 N–H and O–H groups in total. The predicted octanol–water partition coefficient (Wildman–Crippen LogP) is 3.57. The standard InChI is InChI=1S/C16H15NO2/c1-4-19-16(18)17-14(10-9-12(2)3)11-13-7-5-6-8-15(13)17/h5-8,11H,2,4H2,1,3H3. The van der Waals surface area contributed by atoms with Crippen LogP contribution in [0.3, 0.4) is 0 Å². The lowest BCUT2D eigenvalue weighted by molar-refractivity contribution is 0.155. The van der Waals surface area contributed by atoms with E-state index in [0.717, 1.165) is 16.5 Å². The van der Waals surface area contributed by atoms with Crippen LogP contribution in [0, 0.1) is 11.8 Å². The number of carbonyl (C=O) groups excluding carboxylic acids is 1. The van der Waals surface area contributed by atoms with Crippen molar-refractivity contribution in [2.45, 2.75) is 13.8 Å². The van der Waals surface area contributed by atoms with Crippen molar-refractivity contribution >= 4 is 17.0 Å². The Kier molecular flexibility index (Phi) is 3.72. The van der Waals surface area contributed by atoms with E-state index < -0.39 is 6.09 Å². The SMILES string of the molecule is C=C(C)C#Cc1cc2ccccc2n1C(=O)OCC. The van der Waals surface area contributed by atoms with E-state index >= 15 is 0 Å². The van der Waals surface area contributed by atoms with Gasteiger partial charge in [0.1, 0.15) is 5.69 Å². The Balaban J connectivity index is 2.62. The lowest BCUT2D eigenvalue weighted by Crippen LogP contribution is -2.14. The van der Waals surface area contributed by atoms with Crippen molar-refractivity contribution < 1.29 is 9.53 Å². The number of allylic oxidation sites excluding steroid dienone is 1. The van der Waals surface area contributed by atoms with Crippen LogP contribution in [0.1, 0.15) is 19.5 Å². The van der Waals surface area contributed by atoms with Crippen molar-refractivity contribution in [1.29, 1.82) is 0 Å². The van der Waals surface area contributed by atoms with Crippen LogP contribution in [0.2, 0.25) is 0 Å². The highest BCUT2D eigenvalue weighted by Crippen LogP contribution is 2.19. The highest BCUT2D eigenvalue weighted by Gasteiger charge is 2.14. The van der Waals surface area contributed by atoms with E-state index in [1.807, 2.05) is 37.3 Å². The van der Waals surface area contributed by atoms with Gasteiger partial charge in [-0.3, -0.25) is 0 Å². The van der Waals surface area contributed by atoms with Crippen LogP contribution in [0.25, 0.3) is 10.9 Å². The van der Waals surface area contributed by atoms with Gasteiger partial charge in [-0.25, -0.2) is 9.36 Å². The first kappa shape index (κ1) is 13.0. The molecule has 0 spiro atoms. The molecule has 1 aromatic heterocycles. The Morgan fingerprint density at radius 1 is 1.42 bits per heavy atom. The average molecular weight is 253 g/mol. The molecule has 2 aromatic rings. The number of rotatable bonds is 1. The third kappa shape index (κ3) is 2.69. The van der Waals surface area contributed by atoms with E-state index in [-0.39, 0.29) is 0 Å². The zero-order valence-electron chi connectivity index (χ0n) is 11.1. The van der Waals surface area contributed by atoms with Gasteiger partial charge in [0.25, 0.3) is 0 Å². The Hall–Kier alpha value is -2.47. The van der Waals surface area contributed by atoms with Gasteiger partial charge in [0.2, 0.25) is 0 Å². The first-order valence-corrected chi connectivity index (χ1v) is 6.08. The molecule has 1 heterocycles. The van der Waals surface area contributed by atoms with Crippen LogP contribution in [-0.2, 0) is 4.74 Å². The summed E-state index contributed by atoms with van der Waals surface area (Å²) in [6.45, 7) is 7.67. The topological polar surface area (TPSA) is 31.2 Å². The van der Waals surface area contributed by atoms with Crippen LogP contribution >= 0.6 is 0 Å². The third-order valence-electron chi connectivity index (χ3n) is 2.57. The Labute approximate surface area is 112 Å². The molecular weight excluding hydrogens is 238 g/mol. The first-order chi connectivity index (χ1) is 9.13. The van der Waals surface area contributed by atoms with Crippen molar-refractivity contribution in [3.8, 4) is 11.8 Å². The van der Waals surface area contributed by atoms with Crippen molar-refractivity contribution in [2.24, 2.45) is 0 Å². The molecule has 0 amide bonds. The van der Waals surface area contributed by atoms with Gasteiger partial charge in [-0.2, -0.15) is 0 Å². The summed E-state index contributed by atoms with van der Waals surface area (Å²) in [7, 11) is 0. The zero-order chi connectivity index (χ0) is 13.8. The maximum absolute atomic E-state index is 12.0. The van der Waals surface area contributed by atoms with Gasteiger partial charge in [-0.1, -0.05) is 30.7 Å². The fraction of sp³-hybridized carbons (Fsp3) is 0.188. The van der Waals surface area contributed by atoms with Crippen molar-refractivity contribution in [3.63, 3.8) is 0 Å². The van der Waals surface area contributed by atoms with Gasteiger partial charge >= 0.3 is 6.09 Å². The van der Waals surface area contributed by atoms with Gasteiger partial charge < -0.3 is 4.74 Å². The monoisotopic (exact) mass is 253 g/mol. The van der Waals surface area contributed by atoms with E-state index in [0.29, 0.717) is 12.3 Å². The number of fused-ring (bicyclic) bond motifs is 1. The van der Waals surface area contributed by atoms with Crippen LogP contribution in [0.15, 0.2) is 42.5 Å². The molecule has 0 bridgehead atoms. The van der Waals surface area contributed by atoms with E-state index in [4.69, 9.17) is 4.74 Å². The molecule has 0 unspecified atom stereocenters. The lowest BCUT2D eigenvalue weighted by Gasteiger charge is -2.05. The van der Waals surface area contributed by atoms with E-state index in [2.05, 4.69) is 18.4 Å². The molecule has 0 saturated carbocycles. The number of benzene rings is 1. The number of ether oxygens (including phenoxy) is 1. The predicted molar refractivity (Wildman–Crippen MR) is 76.1 cm³/mol. The van der Waals surface area contributed by atoms with Crippen LogP contribution in [0.5, 0.6) is 0 Å². The molecule has 0 atom stereocenters. The fourth-order valence-electron chi connectivity index (χ4n) is 1.80. The van der Waals surface area contributed by atoms with Gasteiger partial charge in [-0.15, -0.1) is 0 Å². The molecule has 0 fully saturated rings. The van der Waals surface area contributed by atoms with Crippen molar-refractivity contribution in [2.75, 3.05) is 6.61 Å². The Morgan fingerprint density at radius 2 is 2.16 bits per heavy atom. The minimum absolute atomic E-state index is 0.332. The second-order valence-corrected chi connectivity index (χ2v) is 4.15. The summed E-state index contributed by atoms with van der Waals surface area (Å²) >= 11 is 0. The van der Waals surface area contributed by atoms with Gasteiger partial charge in [-0.05, 0) is 37.5 Å². The second kappa shape index (κ2) is 5.45. The average Bonchev–Trinajstić information content (AvgIpc) is 2.74. The molecule has 0 aliphatic heterocycles. The molecule has 19 heavy (non-hydrogen) atoms. The summed E-state index contributed by atoms with van der Waals surface area (Å²) in [5.41, 5.74) is 2.16. The number of para-hydroxylation sites is 1. The van der Waals surface area contributed by atoms with Gasteiger partial charge in [0.15, 0.2) is 0 Å². The van der Waals surface area contributed by atoms with Crippen molar-refractivity contribution in [3.05, 3.63) is 48.2 Å². The number of carbonyl (C=O) groups is 1. The van der Waals surface area contributed by atoms with E-state index in [1.54, 1.807) is 6.92 Å². The smallest absolute Gasteiger partial charge is 0.419 e. The Morgan fingerprint density at radius 3 is 2.84 bits per heavy atom. The largest absolute Gasteiger partial charge is 0.449 e. The number of nitrogens with zero attached hydrogens (tertiary/aromatic N) is 1. The summed E-state index contributed by atoms with van der Waals surface area (Å²) in [5.74, 6) is 5.84. The normalized spacial score (nSPS) is 9.79. The second-order valence-electron chi connectivity index (χ2n) is 4.15. The highest BCUT2D eigenvalue weighted by atomic mass is 16.5. The summed E-state index contributed by atoms with van der Waals surface area (Å²) in [5, 5.41) is 0.960. The molecule has 3 heteroatoms. The first-order valence-electron chi connectivity index (χ1n) is 6.08. The maximum Gasteiger partial charge on any atom is 0.419 e. The number of hydrogen-bond donors (Lipinski definition) is 0. The fourth-order valence-corrected chi connectivity index (χ4v) is 1.80. The van der Waals surface area contributed by atoms with E-state index in [9.17, 15) is 4.79 Å². The van der Waals surface area contributed by atoms with E-state index in [1.165, 1.54) is 4.57 Å². The molecule has 0 aliphatic carbocycles. The molecule has 1 aromatic carbocycles. The quantitative estimate of drug-likeness (QED) is 0.727. The summed E-state index contributed by atoms with van der Waals surface area (Å²) in [6.07, 6.45) is -0.408. The number of aromatic nitrogens is 1. The number of hydrogen-bond acceptors (Lipinski definition) is 2. The van der Waals surface area contributed by atoms with Crippen molar-refractivity contribution in [1.82, 2.24) is 4.57 Å². The highest BCUT2D eigenvalue weighted by molar-refractivity contribution is 5.92. The van der Waals surface area contributed by atoms with Crippen LogP contribution < -0.4 is 0 Å². The molecule has 2 rings (SSSR count). The molecule has 0 saturated heterocycles. The zero-order valence-corrected chi connectivity index (χ0v) is 11.1. The summed E-state index contributed by atoms with van der Waals surface area (Å²) in [4.78, 5) is 12.0. The summed E-state index contributed by atoms with van der Waals surface area (Å²) in [6, 6.07) is 9.50. The molecular formula is C16H15NO2. The van der Waals surface area contributed by atoms with Crippen LogP contribution in [-0.4, -0.2) is 17.3 Å². The molecule has 0 aliphatic rings. The Bertz CT molecular complexity index is 698. The van der Waals surface area contributed by atoms with Gasteiger partial charge in [0, 0.05) is 5.39 Å². The third-order valence-corrected chi connectivity index (χ3v) is 2.57. The minimum atomic E-state index is -0.408. The molecule has 3 nitrogen and oxygen atoms in total. The minimum Gasteiger partial charge on any atom is -0.449 e. The van der Waals surface area contributed by atoms with Crippen LogP contribution in [0.4, 0.5) is 4.79 Å². The maximum atomic E-state index is 12.0. The van der Waals surface area contributed by atoms with Gasteiger partial charge in [0.05, 0.1) is 12.1 Å². The molecule has 0 radical (unpaired) electrons.